The molecular weight excluding hydrogens is 446 g/mol. The molecule has 4 unspecified atom stereocenters. The number of esters is 1. The largest absolute Gasteiger partial charge is 0.478 e. The van der Waals surface area contributed by atoms with Crippen LogP contribution in [0.2, 0.25) is 0 Å². The lowest BCUT2D eigenvalue weighted by Gasteiger charge is -2.31. The Morgan fingerprint density at radius 3 is 2.00 bits per heavy atom. The van der Waals surface area contributed by atoms with Crippen molar-refractivity contribution in [2.45, 2.75) is 25.0 Å². The molecule has 8 heteroatoms. The predicted octanol–water partition coefficient (Wildman–Crippen LogP) is 3.40. The molecule has 3 aromatic rings. The van der Waals surface area contributed by atoms with Crippen LogP contribution in [0.4, 0.5) is 5.69 Å². The van der Waals surface area contributed by atoms with Crippen LogP contribution in [0.5, 0.6) is 0 Å². The van der Waals surface area contributed by atoms with Crippen LogP contribution in [0.25, 0.3) is 0 Å². The third-order valence-electron chi connectivity index (χ3n) is 6.81. The van der Waals surface area contributed by atoms with Gasteiger partial charge in [-0.25, -0.2) is 20.4 Å². The second-order valence-corrected chi connectivity index (χ2v) is 8.85. The predicted molar refractivity (Wildman–Crippen MR) is 129 cm³/mol. The van der Waals surface area contributed by atoms with E-state index in [1.165, 1.54) is 19.2 Å². The van der Waals surface area contributed by atoms with Crippen LogP contribution >= 0.6 is 0 Å². The molecule has 178 valence electrons. The zero-order valence-corrected chi connectivity index (χ0v) is 19.3. The monoisotopic (exact) mass is 471 g/mol. The summed E-state index contributed by atoms with van der Waals surface area (Å²) in [5.41, 5.74) is 10.8. The van der Waals surface area contributed by atoms with Crippen LogP contribution < -0.4 is 15.8 Å². The number of carbonyl (C=O) groups excluding carboxylic acids is 2. The molecule has 0 aliphatic carbocycles. The number of carbonyl (C=O) groups is 3. The fourth-order valence-electron chi connectivity index (χ4n) is 5.05. The summed E-state index contributed by atoms with van der Waals surface area (Å²) in [6, 6.07) is 20.6. The van der Waals surface area contributed by atoms with Crippen LogP contribution in [-0.2, 0) is 9.53 Å². The van der Waals surface area contributed by atoms with Gasteiger partial charge in [0.2, 0.25) is 5.91 Å². The van der Waals surface area contributed by atoms with Crippen LogP contribution in [0.1, 0.15) is 49.5 Å². The fourth-order valence-corrected chi connectivity index (χ4v) is 5.05. The molecule has 0 bridgehead atoms. The number of nitrogens with zero attached hydrogens (tertiary/aromatic N) is 1. The second kappa shape index (κ2) is 8.98. The molecule has 2 fully saturated rings. The number of aryl methyl sites for hydroxylation is 1. The lowest BCUT2D eigenvalue weighted by Crippen LogP contribution is -2.41. The number of nitrogens with one attached hydrogen (secondary N) is 2. The summed E-state index contributed by atoms with van der Waals surface area (Å²) in [7, 11) is 1.33. The summed E-state index contributed by atoms with van der Waals surface area (Å²) in [5.74, 6) is -1.73. The molecule has 3 aromatic carbocycles. The Morgan fingerprint density at radius 1 is 0.829 bits per heavy atom. The van der Waals surface area contributed by atoms with E-state index >= 15 is 0 Å². The lowest BCUT2D eigenvalue weighted by atomic mass is 9.83. The number of aromatic carboxylic acids is 1. The number of carboxylic acid groups (broad SMARTS) is 1. The van der Waals surface area contributed by atoms with E-state index in [0.717, 1.165) is 16.7 Å². The third-order valence-corrected chi connectivity index (χ3v) is 6.81. The van der Waals surface area contributed by atoms with Crippen molar-refractivity contribution >= 4 is 23.5 Å². The van der Waals surface area contributed by atoms with Crippen LogP contribution in [-0.4, -0.2) is 36.1 Å². The van der Waals surface area contributed by atoms with Gasteiger partial charge in [-0.15, -0.1) is 0 Å². The number of amides is 1. The zero-order chi connectivity index (χ0) is 24.7. The van der Waals surface area contributed by atoms with Crippen molar-refractivity contribution in [3.05, 3.63) is 101 Å². The van der Waals surface area contributed by atoms with Gasteiger partial charge >= 0.3 is 11.9 Å². The van der Waals surface area contributed by atoms with Crippen molar-refractivity contribution in [3.8, 4) is 0 Å². The summed E-state index contributed by atoms with van der Waals surface area (Å²) in [6.07, 6.45) is 0. The van der Waals surface area contributed by atoms with Gasteiger partial charge in [0.25, 0.3) is 0 Å². The Kier molecular flexibility index (Phi) is 5.84. The number of hydrazine groups is 1. The van der Waals surface area contributed by atoms with Crippen LogP contribution in [0.3, 0.4) is 0 Å². The van der Waals surface area contributed by atoms with E-state index in [1.54, 1.807) is 29.2 Å². The fraction of sp³-hybridized carbons (Fsp3) is 0.222. The topological polar surface area (TPSA) is 108 Å². The van der Waals surface area contributed by atoms with Gasteiger partial charge < -0.3 is 14.7 Å². The van der Waals surface area contributed by atoms with Crippen molar-refractivity contribution < 1.29 is 24.2 Å². The van der Waals surface area contributed by atoms with E-state index in [-0.39, 0.29) is 29.5 Å². The van der Waals surface area contributed by atoms with Crippen molar-refractivity contribution in [2.24, 2.45) is 5.92 Å². The number of hydrogen-bond donors (Lipinski definition) is 3. The lowest BCUT2D eigenvalue weighted by molar-refractivity contribution is -0.119. The van der Waals surface area contributed by atoms with Gasteiger partial charge in [0.1, 0.15) is 6.04 Å². The first kappa shape index (κ1) is 22.8. The maximum absolute atomic E-state index is 13.7. The molecule has 0 spiro atoms. The highest BCUT2D eigenvalue weighted by Crippen LogP contribution is 2.48. The van der Waals surface area contributed by atoms with Gasteiger partial charge in [0, 0.05) is 11.6 Å². The minimum Gasteiger partial charge on any atom is -0.478 e. The number of ether oxygens (including phenoxy) is 1. The number of benzene rings is 3. The summed E-state index contributed by atoms with van der Waals surface area (Å²) in [4.78, 5) is 38.7. The molecule has 5 rings (SSSR count). The summed E-state index contributed by atoms with van der Waals surface area (Å²) in [6.45, 7) is 2.03. The average Bonchev–Trinajstić information content (AvgIpc) is 3.43. The van der Waals surface area contributed by atoms with E-state index in [9.17, 15) is 19.5 Å². The van der Waals surface area contributed by atoms with Crippen molar-refractivity contribution in [3.63, 3.8) is 0 Å². The van der Waals surface area contributed by atoms with Crippen molar-refractivity contribution in [1.29, 1.82) is 0 Å². The first-order valence-corrected chi connectivity index (χ1v) is 11.3. The van der Waals surface area contributed by atoms with Gasteiger partial charge in [-0.05, 0) is 54.4 Å². The quantitative estimate of drug-likeness (QED) is 0.490. The molecule has 0 aromatic heterocycles. The van der Waals surface area contributed by atoms with Crippen molar-refractivity contribution in [2.75, 3.05) is 12.0 Å². The molecule has 2 heterocycles. The molecule has 2 saturated heterocycles. The Bertz CT molecular complexity index is 1270. The molecule has 1 amide bonds. The van der Waals surface area contributed by atoms with E-state index < -0.39 is 18.0 Å². The summed E-state index contributed by atoms with van der Waals surface area (Å²) < 4.78 is 4.82. The number of rotatable bonds is 5. The number of anilines is 1. The highest BCUT2D eigenvalue weighted by molar-refractivity contribution is 6.02. The molecule has 2 aliphatic heterocycles. The van der Waals surface area contributed by atoms with Gasteiger partial charge in [0.05, 0.1) is 30.3 Å². The molecule has 4 atom stereocenters. The highest BCUT2D eigenvalue weighted by atomic mass is 16.5. The average molecular weight is 472 g/mol. The van der Waals surface area contributed by atoms with Crippen LogP contribution in [0, 0.1) is 12.8 Å². The summed E-state index contributed by atoms with van der Waals surface area (Å²) >= 11 is 0. The van der Waals surface area contributed by atoms with Gasteiger partial charge in [0.15, 0.2) is 0 Å². The standard InChI is InChI=1S/C27H25N3O5/c1-15-3-5-16(6-4-15)22-21-23(29-28-22)25(31)30(20-13-11-18(12-14-20)26(32)33)24(21)17-7-9-19(10-8-17)27(34)35-2/h3-14,21-24,28-29H,1-2H3,(H,32,33). The van der Waals surface area contributed by atoms with Gasteiger partial charge in [-0.3, -0.25) is 4.79 Å². The Labute approximate surface area is 202 Å². The SMILES string of the molecule is COC(=O)c1ccc(C2C3C(NNC3c3ccc(C)cc3)C(=O)N2c2ccc(C(=O)O)cc2)cc1. The zero-order valence-electron chi connectivity index (χ0n) is 19.3. The molecular formula is C27H25N3O5. The molecule has 2 aliphatic rings. The molecule has 3 N–H and O–H groups in total. The maximum atomic E-state index is 13.7. The third kappa shape index (κ3) is 3.96. The molecule has 0 saturated carbocycles. The minimum atomic E-state index is -1.03. The molecule has 35 heavy (non-hydrogen) atoms. The first-order chi connectivity index (χ1) is 16.9. The van der Waals surface area contributed by atoms with E-state index in [1.807, 2.05) is 31.2 Å². The van der Waals surface area contributed by atoms with E-state index in [0.29, 0.717) is 11.3 Å². The number of carboxylic acids is 1. The Morgan fingerprint density at radius 2 is 1.40 bits per heavy atom. The van der Waals surface area contributed by atoms with Crippen LogP contribution in [0.15, 0.2) is 72.8 Å². The van der Waals surface area contributed by atoms with Crippen molar-refractivity contribution in [1.82, 2.24) is 10.9 Å². The molecule has 0 radical (unpaired) electrons. The van der Waals surface area contributed by atoms with Gasteiger partial charge in [-0.1, -0.05) is 42.0 Å². The molecule has 8 nitrogen and oxygen atoms in total. The normalized spacial score (nSPS) is 23.3. The first-order valence-electron chi connectivity index (χ1n) is 11.3. The number of methoxy groups -OCH3 is 1. The Balaban J connectivity index is 1.59. The van der Waals surface area contributed by atoms with Gasteiger partial charge in [-0.2, -0.15) is 0 Å². The smallest absolute Gasteiger partial charge is 0.337 e. The van der Waals surface area contributed by atoms with E-state index in [2.05, 4.69) is 23.0 Å². The number of hydrogen-bond acceptors (Lipinski definition) is 6. The second-order valence-electron chi connectivity index (χ2n) is 8.85. The summed E-state index contributed by atoms with van der Waals surface area (Å²) in [5, 5.41) is 9.29. The number of fused-ring (bicyclic) bond motifs is 1. The van der Waals surface area contributed by atoms with E-state index in [4.69, 9.17) is 4.74 Å². The minimum absolute atomic E-state index is 0.109. The maximum Gasteiger partial charge on any atom is 0.337 e. The Hall–Kier alpha value is -4.01. The highest BCUT2D eigenvalue weighted by Gasteiger charge is 2.56.